The zero-order valence-electron chi connectivity index (χ0n) is 11.7. The molecular formula is C14H18FNO4. The first-order chi connectivity index (χ1) is 9.38. The van der Waals surface area contributed by atoms with Crippen molar-refractivity contribution in [2.45, 2.75) is 26.9 Å². The maximum Gasteiger partial charge on any atom is 0.335 e. The third kappa shape index (κ3) is 3.94. The van der Waals surface area contributed by atoms with Crippen LogP contribution in [0.1, 0.15) is 31.1 Å². The molecule has 0 saturated heterocycles. The third-order valence-corrected chi connectivity index (χ3v) is 2.85. The van der Waals surface area contributed by atoms with Gasteiger partial charge in [0.15, 0.2) is 6.10 Å². The van der Waals surface area contributed by atoms with E-state index in [9.17, 15) is 14.0 Å². The number of benzene rings is 1. The van der Waals surface area contributed by atoms with Crippen LogP contribution in [0.15, 0.2) is 18.2 Å². The Morgan fingerprint density at radius 1 is 1.30 bits per heavy atom. The second kappa shape index (κ2) is 6.88. The fourth-order valence-electron chi connectivity index (χ4n) is 1.80. The molecule has 0 heterocycles. The molecular weight excluding hydrogens is 265 g/mol. The van der Waals surface area contributed by atoms with Gasteiger partial charge in [-0.2, -0.15) is 0 Å². The largest absolute Gasteiger partial charge is 0.481 e. The van der Waals surface area contributed by atoms with Crippen LogP contribution < -0.4 is 4.74 Å². The molecule has 0 aliphatic heterocycles. The number of aromatic carboxylic acids is 1. The quantitative estimate of drug-likeness (QED) is 0.868. The molecule has 0 fully saturated rings. The SMILES string of the molecule is CCN(CC)C(=O)C(C)Oc1cc(F)cc(C(=O)O)c1. The first-order valence-electron chi connectivity index (χ1n) is 6.38. The molecule has 1 unspecified atom stereocenters. The molecule has 0 aromatic heterocycles. The van der Waals surface area contributed by atoms with E-state index >= 15 is 0 Å². The first-order valence-corrected chi connectivity index (χ1v) is 6.38. The van der Waals surface area contributed by atoms with Gasteiger partial charge < -0.3 is 14.7 Å². The lowest BCUT2D eigenvalue weighted by atomic mass is 10.2. The molecule has 20 heavy (non-hydrogen) atoms. The molecule has 6 heteroatoms. The van der Waals surface area contributed by atoms with Crippen molar-refractivity contribution in [2.24, 2.45) is 0 Å². The van der Waals surface area contributed by atoms with Crippen LogP contribution in [0.4, 0.5) is 4.39 Å². The maximum atomic E-state index is 13.3. The molecule has 1 N–H and O–H groups in total. The molecule has 0 aliphatic rings. The lowest BCUT2D eigenvalue weighted by molar-refractivity contribution is -0.137. The Morgan fingerprint density at radius 2 is 1.90 bits per heavy atom. The number of likely N-dealkylation sites (N-methyl/N-ethyl adjacent to an activating group) is 1. The number of amides is 1. The van der Waals surface area contributed by atoms with Gasteiger partial charge in [-0.15, -0.1) is 0 Å². The molecule has 1 amide bonds. The van der Waals surface area contributed by atoms with E-state index in [0.29, 0.717) is 13.1 Å². The van der Waals surface area contributed by atoms with Crippen molar-refractivity contribution in [3.8, 4) is 5.75 Å². The van der Waals surface area contributed by atoms with Crippen molar-refractivity contribution in [2.75, 3.05) is 13.1 Å². The van der Waals surface area contributed by atoms with E-state index in [-0.39, 0.29) is 17.2 Å². The summed E-state index contributed by atoms with van der Waals surface area (Å²) in [6, 6.07) is 3.14. The Balaban J connectivity index is 2.87. The molecule has 110 valence electrons. The topological polar surface area (TPSA) is 66.8 Å². The number of carboxylic acids is 1. The van der Waals surface area contributed by atoms with Gasteiger partial charge >= 0.3 is 5.97 Å². The number of halogens is 1. The molecule has 0 saturated carbocycles. The lowest BCUT2D eigenvalue weighted by Crippen LogP contribution is -2.40. The normalized spacial score (nSPS) is 11.8. The number of carbonyl (C=O) groups is 2. The zero-order valence-corrected chi connectivity index (χ0v) is 11.7. The molecule has 1 aromatic carbocycles. The number of carboxylic acid groups (broad SMARTS) is 1. The highest BCUT2D eigenvalue weighted by Crippen LogP contribution is 2.18. The molecule has 0 aliphatic carbocycles. The number of hydrogen-bond acceptors (Lipinski definition) is 3. The first kappa shape index (κ1) is 15.9. The van der Waals surface area contributed by atoms with Crippen LogP contribution >= 0.6 is 0 Å². The van der Waals surface area contributed by atoms with Gasteiger partial charge in [-0.25, -0.2) is 9.18 Å². The van der Waals surface area contributed by atoms with Crippen LogP contribution in [0, 0.1) is 5.82 Å². The molecule has 0 bridgehead atoms. The van der Waals surface area contributed by atoms with Gasteiger partial charge in [0.2, 0.25) is 0 Å². The Bertz CT molecular complexity index is 500. The molecule has 1 atom stereocenters. The van der Waals surface area contributed by atoms with E-state index in [1.165, 1.54) is 6.07 Å². The van der Waals surface area contributed by atoms with E-state index in [0.717, 1.165) is 12.1 Å². The molecule has 0 radical (unpaired) electrons. The van der Waals surface area contributed by atoms with E-state index in [1.54, 1.807) is 11.8 Å². The van der Waals surface area contributed by atoms with E-state index in [4.69, 9.17) is 9.84 Å². The van der Waals surface area contributed by atoms with Crippen LogP contribution in [-0.4, -0.2) is 41.1 Å². The van der Waals surface area contributed by atoms with Gasteiger partial charge in [0, 0.05) is 19.2 Å². The standard InChI is InChI=1S/C14H18FNO4/c1-4-16(5-2)13(17)9(3)20-12-7-10(14(18)19)6-11(15)8-12/h6-9H,4-5H2,1-3H3,(H,18,19). The second-order valence-corrected chi connectivity index (χ2v) is 4.25. The highest BCUT2D eigenvalue weighted by atomic mass is 19.1. The van der Waals surface area contributed by atoms with Crippen molar-refractivity contribution in [1.82, 2.24) is 4.90 Å². The van der Waals surface area contributed by atoms with Gasteiger partial charge in [-0.1, -0.05) is 0 Å². The van der Waals surface area contributed by atoms with Crippen LogP contribution in [0.3, 0.4) is 0 Å². The number of carbonyl (C=O) groups excluding carboxylic acids is 1. The van der Waals surface area contributed by atoms with Crippen LogP contribution in [0.25, 0.3) is 0 Å². The van der Waals surface area contributed by atoms with Crippen molar-refractivity contribution in [3.05, 3.63) is 29.6 Å². The third-order valence-electron chi connectivity index (χ3n) is 2.85. The minimum Gasteiger partial charge on any atom is -0.481 e. The summed E-state index contributed by atoms with van der Waals surface area (Å²) in [5.74, 6) is -2.17. The van der Waals surface area contributed by atoms with Crippen molar-refractivity contribution in [1.29, 1.82) is 0 Å². The van der Waals surface area contributed by atoms with E-state index in [2.05, 4.69) is 0 Å². The fourth-order valence-corrected chi connectivity index (χ4v) is 1.80. The average molecular weight is 283 g/mol. The average Bonchev–Trinajstić information content (AvgIpc) is 2.39. The van der Waals surface area contributed by atoms with Crippen molar-refractivity contribution >= 4 is 11.9 Å². The van der Waals surface area contributed by atoms with E-state index in [1.807, 2.05) is 13.8 Å². The Hall–Kier alpha value is -2.11. The van der Waals surface area contributed by atoms with Crippen molar-refractivity contribution in [3.63, 3.8) is 0 Å². The summed E-state index contributed by atoms with van der Waals surface area (Å²) in [6.45, 7) is 6.34. The molecule has 1 rings (SSSR count). The van der Waals surface area contributed by atoms with Gasteiger partial charge in [-0.05, 0) is 32.9 Å². The van der Waals surface area contributed by atoms with Gasteiger partial charge in [0.05, 0.1) is 5.56 Å². The zero-order chi connectivity index (χ0) is 15.3. The smallest absolute Gasteiger partial charge is 0.335 e. The van der Waals surface area contributed by atoms with Crippen molar-refractivity contribution < 1.29 is 23.8 Å². The second-order valence-electron chi connectivity index (χ2n) is 4.25. The Morgan fingerprint density at radius 3 is 2.40 bits per heavy atom. The number of hydrogen-bond donors (Lipinski definition) is 1. The van der Waals surface area contributed by atoms with Gasteiger partial charge in [0.1, 0.15) is 11.6 Å². The molecule has 1 aromatic rings. The monoisotopic (exact) mass is 283 g/mol. The summed E-state index contributed by atoms with van der Waals surface area (Å²) in [7, 11) is 0. The van der Waals surface area contributed by atoms with Crippen LogP contribution in [-0.2, 0) is 4.79 Å². The fraction of sp³-hybridized carbons (Fsp3) is 0.429. The predicted molar refractivity (Wildman–Crippen MR) is 71.4 cm³/mol. The predicted octanol–water partition coefficient (Wildman–Crippen LogP) is 2.16. The summed E-state index contributed by atoms with van der Waals surface area (Å²) in [5, 5.41) is 8.84. The summed E-state index contributed by atoms with van der Waals surface area (Å²) >= 11 is 0. The summed E-state index contributed by atoms with van der Waals surface area (Å²) in [5.41, 5.74) is -0.220. The lowest BCUT2D eigenvalue weighted by Gasteiger charge is -2.23. The van der Waals surface area contributed by atoms with E-state index < -0.39 is 17.9 Å². The summed E-state index contributed by atoms with van der Waals surface area (Å²) in [6.07, 6.45) is -0.807. The van der Waals surface area contributed by atoms with Gasteiger partial charge in [0.25, 0.3) is 5.91 Å². The molecule has 5 nitrogen and oxygen atoms in total. The highest BCUT2D eigenvalue weighted by molar-refractivity contribution is 5.88. The Labute approximate surface area is 117 Å². The van der Waals surface area contributed by atoms with Gasteiger partial charge in [-0.3, -0.25) is 4.79 Å². The van der Waals surface area contributed by atoms with Crippen LogP contribution in [0.5, 0.6) is 5.75 Å². The number of rotatable bonds is 6. The maximum absolute atomic E-state index is 13.3. The Kier molecular flexibility index (Phi) is 5.49. The summed E-state index contributed by atoms with van der Waals surface area (Å²) in [4.78, 5) is 24.4. The number of ether oxygens (including phenoxy) is 1. The summed E-state index contributed by atoms with van der Waals surface area (Å²) < 4.78 is 18.6. The number of nitrogens with zero attached hydrogens (tertiary/aromatic N) is 1. The van der Waals surface area contributed by atoms with Crippen LogP contribution in [0.2, 0.25) is 0 Å². The minimum atomic E-state index is -1.25. The molecule has 0 spiro atoms. The minimum absolute atomic E-state index is 0.0235. The highest BCUT2D eigenvalue weighted by Gasteiger charge is 2.20.